The summed E-state index contributed by atoms with van der Waals surface area (Å²) in [6, 6.07) is 0. The average Bonchev–Trinajstić information content (AvgIpc) is 2.37. The van der Waals surface area contributed by atoms with E-state index in [1.165, 1.54) is 4.90 Å². The third-order valence-corrected chi connectivity index (χ3v) is 2.71. The van der Waals surface area contributed by atoms with Crippen molar-refractivity contribution in [3.8, 4) is 0 Å². The van der Waals surface area contributed by atoms with E-state index >= 15 is 0 Å². The van der Waals surface area contributed by atoms with Crippen LogP contribution >= 0.6 is 15.9 Å². The van der Waals surface area contributed by atoms with Crippen LogP contribution in [-0.4, -0.2) is 41.3 Å². The molecule has 0 spiro atoms. The second-order valence-corrected chi connectivity index (χ2v) is 3.93. The van der Waals surface area contributed by atoms with Crippen LogP contribution in [0.3, 0.4) is 0 Å². The minimum absolute atomic E-state index is 0.0203. The van der Waals surface area contributed by atoms with Gasteiger partial charge in [-0.2, -0.15) is 0 Å². The van der Waals surface area contributed by atoms with Gasteiger partial charge in [-0.05, 0) is 13.3 Å². The van der Waals surface area contributed by atoms with Crippen molar-refractivity contribution in [1.29, 1.82) is 0 Å². The smallest absolute Gasteiger partial charge is 0.325 e. The fourth-order valence-corrected chi connectivity index (χ4v) is 1.71. The highest BCUT2D eigenvalue weighted by atomic mass is 79.9. The quantitative estimate of drug-likeness (QED) is 0.542. The van der Waals surface area contributed by atoms with Crippen LogP contribution in [0.4, 0.5) is 0 Å². The fraction of sp³-hybridized carbons (Fsp3) is 0.750. The van der Waals surface area contributed by atoms with Crippen LogP contribution in [0, 0.1) is 0 Å². The summed E-state index contributed by atoms with van der Waals surface area (Å²) >= 11 is 3.23. The molecule has 1 saturated heterocycles. The molecule has 0 aliphatic carbocycles. The molecule has 0 N–H and O–H groups in total. The number of hydrogen-bond acceptors (Lipinski definition) is 3. The van der Waals surface area contributed by atoms with Gasteiger partial charge in [0, 0.05) is 6.54 Å². The summed E-state index contributed by atoms with van der Waals surface area (Å²) in [5, 5.41) is 0. The van der Waals surface area contributed by atoms with Gasteiger partial charge < -0.3 is 9.64 Å². The SMILES string of the molecule is CCOC(=O)CN1CC[C@H](Br)C1=O. The van der Waals surface area contributed by atoms with Crippen molar-refractivity contribution < 1.29 is 14.3 Å². The standard InChI is InChI=1S/C8H12BrNO3/c1-2-13-7(11)5-10-4-3-6(9)8(10)12/h6H,2-5H2,1H3/t6-/m0/s1. The van der Waals surface area contributed by atoms with Gasteiger partial charge in [-0.1, -0.05) is 15.9 Å². The molecule has 74 valence electrons. The number of halogens is 1. The number of likely N-dealkylation sites (tertiary alicyclic amines) is 1. The molecule has 0 aromatic carbocycles. The molecule has 1 aliphatic rings. The van der Waals surface area contributed by atoms with Gasteiger partial charge in [-0.3, -0.25) is 9.59 Å². The Morgan fingerprint density at radius 1 is 1.77 bits per heavy atom. The minimum atomic E-state index is -0.336. The first-order valence-corrected chi connectivity index (χ1v) is 5.15. The van der Waals surface area contributed by atoms with E-state index in [2.05, 4.69) is 15.9 Å². The number of hydrogen-bond donors (Lipinski definition) is 0. The second kappa shape index (κ2) is 4.60. The second-order valence-electron chi connectivity index (χ2n) is 2.82. The Balaban J connectivity index is 2.38. The van der Waals surface area contributed by atoms with E-state index in [1.54, 1.807) is 6.92 Å². The molecule has 1 atom stereocenters. The number of carbonyl (C=O) groups is 2. The maximum Gasteiger partial charge on any atom is 0.325 e. The lowest BCUT2D eigenvalue weighted by Gasteiger charge is -2.13. The zero-order valence-electron chi connectivity index (χ0n) is 7.46. The van der Waals surface area contributed by atoms with Crippen molar-refractivity contribution in [2.24, 2.45) is 0 Å². The molecular formula is C8H12BrNO3. The number of amides is 1. The number of alkyl halides is 1. The Morgan fingerprint density at radius 3 is 2.92 bits per heavy atom. The molecule has 0 unspecified atom stereocenters. The van der Waals surface area contributed by atoms with E-state index in [4.69, 9.17) is 4.74 Å². The van der Waals surface area contributed by atoms with Gasteiger partial charge in [-0.25, -0.2) is 0 Å². The highest BCUT2D eigenvalue weighted by Crippen LogP contribution is 2.17. The number of nitrogens with zero attached hydrogens (tertiary/aromatic N) is 1. The lowest BCUT2D eigenvalue weighted by atomic mass is 10.4. The first-order chi connectivity index (χ1) is 6.15. The van der Waals surface area contributed by atoms with Gasteiger partial charge in [0.05, 0.1) is 11.4 Å². The minimum Gasteiger partial charge on any atom is -0.465 e. The van der Waals surface area contributed by atoms with Crippen LogP contribution < -0.4 is 0 Å². The predicted octanol–water partition coefficient (Wildman–Crippen LogP) is 0.545. The van der Waals surface area contributed by atoms with Crippen molar-refractivity contribution in [2.45, 2.75) is 18.2 Å². The van der Waals surface area contributed by atoms with E-state index in [-0.39, 0.29) is 23.2 Å². The molecule has 5 heteroatoms. The molecule has 4 nitrogen and oxygen atoms in total. The Labute approximate surface area is 85.4 Å². The first-order valence-electron chi connectivity index (χ1n) is 4.23. The van der Waals surface area contributed by atoms with Crippen LogP contribution in [0.1, 0.15) is 13.3 Å². The molecule has 1 fully saturated rings. The van der Waals surface area contributed by atoms with Gasteiger partial charge in [0.1, 0.15) is 6.54 Å². The molecule has 0 saturated carbocycles. The summed E-state index contributed by atoms with van der Waals surface area (Å²) in [6.07, 6.45) is 0.762. The lowest BCUT2D eigenvalue weighted by molar-refractivity contribution is -0.147. The Bertz CT molecular complexity index is 219. The monoisotopic (exact) mass is 249 g/mol. The summed E-state index contributed by atoms with van der Waals surface area (Å²) in [4.78, 5) is 23.7. The predicted molar refractivity (Wildman–Crippen MR) is 50.5 cm³/mol. The van der Waals surface area contributed by atoms with Gasteiger partial charge in [0.2, 0.25) is 5.91 Å². The van der Waals surface area contributed by atoms with Crippen molar-refractivity contribution >= 4 is 27.8 Å². The Hall–Kier alpha value is -0.580. The largest absolute Gasteiger partial charge is 0.465 e. The molecular weight excluding hydrogens is 238 g/mol. The third-order valence-electron chi connectivity index (χ3n) is 1.86. The maximum atomic E-state index is 11.3. The van der Waals surface area contributed by atoms with Gasteiger partial charge in [-0.15, -0.1) is 0 Å². The first kappa shape index (κ1) is 10.5. The Kier molecular flexibility index (Phi) is 3.71. The van der Waals surface area contributed by atoms with E-state index in [0.717, 1.165) is 6.42 Å². The molecule has 0 aromatic rings. The van der Waals surface area contributed by atoms with Crippen molar-refractivity contribution in [3.63, 3.8) is 0 Å². The van der Waals surface area contributed by atoms with Crippen molar-refractivity contribution in [3.05, 3.63) is 0 Å². The zero-order valence-corrected chi connectivity index (χ0v) is 9.04. The molecule has 0 radical (unpaired) electrons. The van der Waals surface area contributed by atoms with E-state index < -0.39 is 0 Å². The van der Waals surface area contributed by atoms with Crippen LogP contribution in [0.5, 0.6) is 0 Å². The van der Waals surface area contributed by atoms with E-state index in [1.807, 2.05) is 0 Å². The number of carbonyl (C=O) groups excluding carboxylic acids is 2. The molecule has 0 bridgehead atoms. The van der Waals surface area contributed by atoms with Crippen molar-refractivity contribution in [1.82, 2.24) is 4.90 Å². The van der Waals surface area contributed by atoms with Gasteiger partial charge in [0.25, 0.3) is 0 Å². The van der Waals surface area contributed by atoms with E-state index in [0.29, 0.717) is 13.2 Å². The highest BCUT2D eigenvalue weighted by Gasteiger charge is 2.30. The summed E-state index contributed by atoms with van der Waals surface area (Å²) in [5.41, 5.74) is 0. The Morgan fingerprint density at radius 2 is 2.46 bits per heavy atom. The van der Waals surface area contributed by atoms with Gasteiger partial charge in [0.15, 0.2) is 0 Å². The zero-order chi connectivity index (χ0) is 9.84. The summed E-state index contributed by atoms with van der Waals surface area (Å²) in [7, 11) is 0. The molecule has 1 rings (SSSR count). The highest BCUT2D eigenvalue weighted by molar-refractivity contribution is 9.10. The molecule has 13 heavy (non-hydrogen) atoms. The number of esters is 1. The van der Waals surface area contributed by atoms with Crippen molar-refractivity contribution in [2.75, 3.05) is 19.7 Å². The molecule has 0 aromatic heterocycles. The summed E-state index contributed by atoms with van der Waals surface area (Å²) in [5.74, 6) is -0.356. The topological polar surface area (TPSA) is 46.6 Å². The average molecular weight is 250 g/mol. The fourth-order valence-electron chi connectivity index (χ4n) is 1.22. The molecule has 1 heterocycles. The maximum absolute atomic E-state index is 11.3. The summed E-state index contributed by atoms with van der Waals surface area (Å²) < 4.78 is 4.74. The molecule has 1 amide bonds. The normalized spacial score (nSPS) is 22.2. The lowest BCUT2D eigenvalue weighted by Crippen LogP contribution is -2.33. The van der Waals surface area contributed by atoms with E-state index in [9.17, 15) is 9.59 Å². The number of rotatable bonds is 3. The molecule has 1 aliphatic heterocycles. The summed E-state index contributed by atoms with van der Waals surface area (Å²) in [6.45, 7) is 2.82. The number of ether oxygens (including phenoxy) is 1. The van der Waals surface area contributed by atoms with Gasteiger partial charge >= 0.3 is 5.97 Å². The van der Waals surface area contributed by atoms with Crippen LogP contribution in [0.25, 0.3) is 0 Å². The van der Waals surface area contributed by atoms with Crippen LogP contribution in [0.15, 0.2) is 0 Å². The van der Waals surface area contributed by atoms with Crippen LogP contribution in [0.2, 0.25) is 0 Å². The third kappa shape index (κ3) is 2.69. The van der Waals surface area contributed by atoms with Crippen LogP contribution in [-0.2, 0) is 14.3 Å².